The molecule has 0 amide bonds. The highest BCUT2D eigenvalue weighted by Gasteiger charge is 2.22. The Morgan fingerprint density at radius 1 is 1.20 bits per heavy atom. The van der Waals surface area contributed by atoms with Crippen molar-refractivity contribution in [3.63, 3.8) is 0 Å². The molecular weight excluding hydrogens is 278 g/mol. The van der Waals surface area contributed by atoms with Gasteiger partial charge in [0.2, 0.25) is 0 Å². The van der Waals surface area contributed by atoms with Crippen LogP contribution in [0.1, 0.15) is 12.8 Å². The first-order chi connectivity index (χ1) is 9.61. The lowest BCUT2D eigenvalue weighted by Crippen LogP contribution is -2.39. The molecule has 0 atom stereocenters. The Bertz CT molecular complexity index is 516. The number of benzene rings is 1. The second kappa shape index (κ2) is 6.95. The fraction of sp³-hybridized carbons (Fsp3) is 0.571. The molecule has 1 heterocycles. The van der Waals surface area contributed by atoms with Gasteiger partial charge in [0, 0.05) is 12.6 Å². The summed E-state index contributed by atoms with van der Waals surface area (Å²) in [5.74, 6) is 2.02. The van der Waals surface area contributed by atoms with Gasteiger partial charge in [-0.25, -0.2) is 8.42 Å². The molecule has 1 aromatic rings. The maximum atomic E-state index is 11.3. The van der Waals surface area contributed by atoms with E-state index in [2.05, 4.69) is 5.32 Å². The Morgan fingerprint density at radius 3 is 2.50 bits per heavy atom. The number of sulfone groups is 1. The highest BCUT2D eigenvalue weighted by atomic mass is 32.2. The van der Waals surface area contributed by atoms with Crippen molar-refractivity contribution in [2.75, 3.05) is 31.8 Å². The third kappa shape index (κ3) is 4.38. The maximum Gasteiger partial charge on any atom is 0.161 e. The smallest absolute Gasteiger partial charge is 0.161 e. The van der Waals surface area contributed by atoms with Crippen LogP contribution in [0.4, 0.5) is 0 Å². The minimum absolute atomic E-state index is 0.278. The van der Waals surface area contributed by atoms with Crippen molar-refractivity contribution in [3.05, 3.63) is 24.3 Å². The van der Waals surface area contributed by atoms with E-state index >= 15 is 0 Å². The van der Waals surface area contributed by atoms with Crippen LogP contribution in [0.2, 0.25) is 0 Å². The Labute approximate surface area is 120 Å². The Morgan fingerprint density at radius 2 is 1.85 bits per heavy atom. The van der Waals surface area contributed by atoms with E-state index in [-0.39, 0.29) is 17.5 Å². The summed E-state index contributed by atoms with van der Waals surface area (Å²) in [5, 5.41) is 3.34. The van der Waals surface area contributed by atoms with Crippen LogP contribution in [0.25, 0.3) is 0 Å². The zero-order valence-electron chi connectivity index (χ0n) is 11.7. The van der Waals surface area contributed by atoms with Crippen molar-refractivity contribution in [2.45, 2.75) is 18.9 Å². The van der Waals surface area contributed by atoms with Crippen LogP contribution in [-0.2, 0) is 9.84 Å². The lowest BCUT2D eigenvalue weighted by molar-refractivity contribution is 0.283. The molecule has 1 aliphatic heterocycles. The number of methoxy groups -OCH3 is 1. The maximum absolute atomic E-state index is 11.3. The van der Waals surface area contributed by atoms with Crippen molar-refractivity contribution in [3.8, 4) is 11.5 Å². The molecule has 1 fully saturated rings. The molecule has 6 heteroatoms. The highest BCUT2D eigenvalue weighted by molar-refractivity contribution is 7.91. The van der Waals surface area contributed by atoms with Crippen molar-refractivity contribution >= 4 is 9.84 Å². The molecule has 1 N–H and O–H groups in total. The standard InChI is InChI=1S/C14H21NO4S/c1-18-13-4-2-3-5-14(13)19-9-8-15-12-6-10-20(16,17)11-7-12/h2-5,12,15H,6-11H2,1H3. The summed E-state index contributed by atoms with van der Waals surface area (Å²) in [5.41, 5.74) is 0. The van der Waals surface area contributed by atoms with Crippen molar-refractivity contribution in [2.24, 2.45) is 0 Å². The number of rotatable bonds is 6. The molecule has 0 aliphatic carbocycles. The molecule has 0 saturated carbocycles. The summed E-state index contributed by atoms with van der Waals surface area (Å²) in [4.78, 5) is 0. The third-order valence-electron chi connectivity index (χ3n) is 3.42. The van der Waals surface area contributed by atoms with Gasteiger partial charge in [-0.2, -0.15) is 0 Å². The number of hydrogen-bond donors (Lipinski definition) is 1. The van der Waals surface area contributed by atoms with Crippen LogP contribution < -0.4 is 14.8 Å². The van der Waals surface area contributed by atoms with E-state index in [0.717, 1.165) is 11.5 Å². The first kappa shape index (κ1) is 15.1. The molecular formula is C14H21NO4S. The van der Waals surface area contributed by atoms with Crippen LogP contribution in [0.3, 0.4) is 0 Å². The fourth-order valence-electron chi connectivity index (χ4n) is 2.26. The Balaban J connectivity index is 1.69. The first-order valence-corrected chi connectivity index (χ1v) is 8.62. The van der Waals surface area contributed by atoms with Gasteiger partial charge in [-0.15, -0.1) is 0 Å². The first-order valence-electron chi connectivity index (χ1n) is 6.80. The summed E-state index contributed by atoms with van der Waals surface area (Å²) >= 11 is 0. The molecule has 2 rings (SSSR count). The van der Waals surface area contributed by atoms with Gasteiger partial charge in [-0.1, -0.05) is 12.1 Å². The zero-order chi connectivity index (χ0) is 14.4. The zero-order valence-corrected chi connectivity index (χ0v) is 12.5. The predicted molar refractivity (Wildman–Crippen MR) is 78.2 cm³/mol. The summed E-state index contributed by atoms with van der Waals surface area (Å²) < 4.78 is 33.5. The molecule has 112 valence electrons. The van der Waals surface area contributed by atoms with Gasteiger partial charge in [-0.05, 0) is 25.0 Å². The lowest BCUT2D eigenvalue weighted by Gasteiger charge is -2.23. The van der Waals surface area contributed by atoms with Gasteiger partial charge < -0.3 is 14.8 Å². The molecule has 0 radical (unpaired) electrons. The lowest BCUT2D eigenvalue weighted by atomic mass is 10.1. The molecule has 20 heavy (non-hydrogen) atoms. The normalized spacial score (nSPS) is 18.6. The van der Waals surface area contributed by atoms with Crippen LogP contribution in [0, 0.1) is 0 Å². The molecule has 0 bridgehead atoms. The molecule has 0 aromatic heterocycles. The van der Waals surface area contributed by atoms with Crippen molar-refractivity contribution in [1.29, 1.82) is 0 Å². The topological polar surface area (TPSA) is 64.6 Å². The highest BCUT2D eigenvalue weighted by Crippen LogP contribution is 2.25. The van der Waals surface area contributed by atoms with Crippen LogP contribution in [0.15, 0.2) is 24.3 Å². The average Bonchev–Trinajstić information content (AvgIpc) is 2.45. The van der Waals surface area contributed by atoms with Crippen LogP contribution >= 0.6 is 0 Å². The molecule has 5 nitrogen and oxygen atoms in total. The summed E-state index contributed by atoms with van der Waals surface area (Å²) in [7, 11) is -1.17. The molecule has 1 aromatic carbocycles. The van der Waals surface area contributed by atoms with Gasteiger partial charge in [0.05, 0.1) is 18.6 Å². The summed E-state index contributed by atoms with van der Waals surface area (Å²) in [6.07, 6.45) is 1.38. The number of nitrogens with one attached hydrogen (secondary N) is 1. The molecule has 1 aliphatic rings. The van der Waals surface area contributed by atoms with Gasteiger partial charge in [0.25, 0.3) is 0 Å². The van der Waals surface area contributed by atoms with Crippen molar-refractivity contribution < 1.29 is 17.9 Å². The second-order valence-corrected chi connectivity index (χ2v) is 7.18. The summed E-state index contributed by atoms with van der Waals surface area (Å²) in [6.45, 7) is 1.23. The Kier molecular flexibility index (Phi) is 5.25. The number of ether oxygens (including phenoxy) is 2. The predicted octanol–water partition coefficient (Wildman–Crippen LogP) is 1.24. The second-order valence-electron chi connectivity index (χ2n) is 4.88. The Hall–Kier alpha value is -1.27. The monoisotopic (exact) mass is 299 g/mol. The quantitative estimate of drug-likeness (QED) is 0.801. The van der Waals surface area contributed by atoms with Crippen molar-refractivity contribution in [1.82, 2.24) is 5.32 Å². The minimum Gasteiger partial charge on any atom is -0.493 e. The van der Waals surface area contributed by atoms with Gasteiger partial charge in [0.1, 0.15) is 16.4 Å². The van der Waals surface area contributed by atoms with Gasteiger partial charge >= 0.3 is 0 Å². The average molecular weight is 299 g/mol. The summed E-state index contributed by atoms with van der Waals surface area (Å²) in [6, 6.07) is 7.80. The number of para-hydroxylation sites is 2. The largest absolute Gasteiger partial charge is 0.493 e. The van der Waals surface area contributed by atoms with E-state index in [9.17, 15) is 8.42 Å². The third-order valence-corrected chi connectivity index (χ3v) is 5.13. The SMILES string of the molecule is COc1ccccc1OCCNC1CCS(=O)(=O)CC1. The minimum atomic E-state index is -2.79. The van der Waals surface area contributed by atoms with E-state index in [1.54, 1.807) is 7.11 Å². The van der Waals surface area contributed by atoms with Gasteiger partial charge in [-0.3, -0.25) is 0 Å². The van der Waals surface area contributed by atoms with E-state index in [0.29, 0.717) is 26.0 Å². The molecule has 1 saturated heterocycles. The number of hydrogen-bond acceptors (Lipinski definition) is 5. The van der Waals surface area contributed by atoms with Crippen LogP contribution in [-0.4, -0.2) is 46.2 Å². The van der Waals surface area contributed by atoms with E-state index < -0.39 is 9.84 Å². The van der Waals surface area contributed by atoms with E-state index in [4.69, 9.17) is 9.47 Å². The van der Waals surface area contributed by atoms with E-state index in [1.165, 1.54) is 0 Å². The van der Waals surface area contributed by atoms with Gasteiger partial charge in [0.15, 0.2) is 11.5 Å². The molecule has 0 spiro atoms. The molecule has 0 unspecified atom stereocenters. The van der Waals surface area contributed by atoms with E-state index in [1.807, 2.05) is 24.3 Å². The fourth-order valence-corrected chi connectivity index (χ4v) is 3.75. The van der Waals surface area contributed by atoms with Crippen LogP contribution in [0.5, 0.6) is 11.5 Å².